The van der Waals surface area contributed by atoms with Gasteiger partial charge >= 0.3 is 0 Å². The van der Waals surface area contributed by atoms with Crippen molar-refractivity contribution < 1.29 is 14.6 Å². The van der Waals surface area contributed by atoms with Gasteiger partial charge in [-0.25, -0.2) is 0 Å². The molecule has 1 heterocycles. The molecule has 3 aromatic carbocycles. The lowest BCUT2D eigenvalue weighted by Crippen LogP contribution is -2.47. The highest BCUT2D eigenvalue weighted by atomic mass is 16.5. The molecule has 2 N–H and O–H groups in total. The number of hydrogen-bond acceptors (Lipinski definition) is 3. The number of aliphatic hydroxyl groups excluding tert-OH is 1. The van der Waals surface area contributed by atoms with Crippen molar-refractivity contribution in [3.8, 4) is 5.75 Å². The van der Waals surface area contributed by atoms with Crippen LogP contribution in [0.25, 0.3) is 10.8 Å². The Bertz CT molecular complexity index is 1070. The number of benzene rings is 3. The highest BCUT2D eigenvalue weighted by Crippen LogP contribution is 2.50. The second-order valence-electron chi connectivity index (χ2n) is 8.35. The highest BCUT2D eigenvalue weighted by molar-refractivity contribution is 6.02. The van der Waals surface area contributed by atoms with Crippen LogP contribution in [0.15, 0.2) is 60.7 Å². The van der Waals surface area contributed by atoms with Gasteiger partial charge in [0.1, 0.15) is 11.4 Å². The minimum atomic E-state index is -0.113. The molecule has 0 bridgehead atoms. The Morgan fingerprint density at radius 2 is 1.93 bits per heavy atom. The van der Waals surface area contributed by atoms with Crippen LogP contribution in [0.4, 0.5) is 5.69 Å². The molecule has 29 heavy (non-hydrogen) atoms. The van der Waals surface area contributed by atoms with Crippen LogP contribution in [0.5, 0.6) is 5.75 Å². The predicted molar refractivity (Wildman–Crippen MR) is 114 cm³/mol. The number of anilines is 1. The van der Waals surface area contributed by atoms with Crippen molar-refractivity contribution in [2.45, 2.75) is 50.2 Å². The molecule has 2 aliphatic rings. The second kappa shape index (κ2) is 7.20. The molecule has 4 heteroatoms. The topological polar surface area (TPSA) is 58.6 Å². The van der Waals surface area contributed by atoms with Gasteiger partial charge in [-0.05, 0) is 60.4 Å². The van der Waals surface area contributed by atoms with E-state index in [9.17, 15) is 9.90 Å². The molecule has 1 spiro atoms. The van der Waals surface area contributed by atoms with Crippen LogP contribution in [0, 0.1) is 0 Å². The molecule has 3 aromatic rings. The smallest absolute Gasteiger partial charge is 0.225 e. The van der Waals surface area contributed by atoms with Gasteiger partial charge in [0.05, 0.1) is 6.61 Å². The van der Waals surface area contributed by atoms with Gasteiger partial charge in [0.2, 0.25) is 5.91 Å². The van der Waals surface area contributed by atoms with Crippen molar-refractivity contribution in [3.63, 3.8) is 0 Å². The lowest BCUT2D eigenvalue weighted by atomic mass is 9.70. The normalized spacial score (nSPS) is 19.3. The third-order valence-electron chi connectivity index (χ3n) is 6.40. The summed E-state index contributed by atoms with van der Waals surface area (Å²) >= 11 is 0. The van der Waals surface area contributed by atoms with E-state index in [4.69, 9.17) is 4.74 Å². The first kappa shape index (κ1) is 18.2. The van der Waals surface area contributed by atoms with Crippen LogP contribution in [0.3, 0.4) is 0 Å². The standard InChI is InChI=1S/C25H25NO3/c27-16-17-9-10-23-21(13-17)19(15-25(29-23)11-4-12-25)14-24(28)26-22-8-3-6-18-5-1-2-7-20(18)22/h1-3,5-10,13,19,27H,4,11-12,14-16H2,(H,26,28). The maximum Gasteiger partial charge on any atom is 0.225 e. The lowest BCUT2D eigenvalue weighted by Gasteiger charge is -2.48. The van der Waals surface area contributed by atoms with Crippen LogP contribution in [0.2, 0.25) is 0 Å². The van der Waals surface area contributed by atoms with E-state index in [-0.39, 0.29) is 24.0 Å². The second-order valence-corrected chi connectivity index (χ2v) is 8.35. The molecular formula is C25H25NO3. The van der Waals surface area contributed by atoms with Crippen LogP contribution in [0.1, 0.15) is 49.1 Å². The summed E-state index contributed by atoms with van der Waals surface area (Å²) in [6.45, 7) is -0.00660. The molecule has 5 rings (SSSR count). The number of carbonyl (C=O) groups excluding carboxylic acids is 1. The van der Waals surface area contributed by atoms with Crippen LogP contribution in [-0.4, -0.2) is 16.6 Å². The number of rotatable bonds is 4. The third kappa shape index (κ3) is 3.38. The largest absolute Gasteiger partial charge is 0.487 e. The quantitative estimate of drug-likeness (QED) is 0.651. The maximum absolute atomic E-state index is 13.0. The van der Waals surface area contributed by atoms with Gasteiger partial charge in [-0.2, -0.15) is 0 Å². The lowest BCUT2D eigenvalue weighted by molar-refractivity contribution is -0.117. The van der Waals surface area contributed by atoms with E-state index in [1.807, 2.05) is 48.5 Å². The number of ether oxygens (including phenoxy) is 1. The molecule has 1 atom stereocenters. The molecule has 1 saturated carbocycles. The molecule has 1 aliphatic heterocycles. The van der Waals surface area contributed by atoms with Gasteiger partial charge in [0, 0.05) is 23.4 Å². The molecule has 148 valence electrons. The number of nitrogens with one attached hydrogen (secondary N) is 1. The van der Waals surface area contributed by atoms with E-state index in [0.29, 0.717) is 6.42 Å². The fraction of sp³-hybridized carbons (Fsp3) is 0.320. The Morgan fingerprint density at radius 3 is 2.72 bits per heavy atom. The molecular weight excluding hydrogens is 362 g/mol. The molecule has 0 aromatic heterocycles. The first-order valence-electron chi connectivity index (χ1n) is 10.4. The Balaban J connectivity index is 1.41. The Kier molecular flexibility index (Phi) is 4.51. The summed E-state index contributed by atoms with van der Waals surface area (Å²) in [5, 5.41) is 14.8. The predicted octanol–water partition coefficient (Wildman–Crippen LogP) is 5.15. The number of amides is 1. The fourth-order valence-electron chi connectivity index (χ4n) is 4.76. The van der Waals surface area contributed by atoms with E-state index >= 15 is 0 Å². The summed E-state index contributed by atoms with van der Waals surface area (Å²) in [5.74, 6) is 0.986. The van der Waals surface area contributed by atoms with Gasteiger partial charge in [0.15, 0.2) is 0 Å². The number of hydrogen-bond donors (Lipinski definition) is 2. The minimum Gasteiger partial charge on any atom is -0.487 e. The van der Waals surface area contributed by atoms with E-state index in [2.05, 4.69) is 17.4 Å². The maximum atomic E-state index is 13.0. The highest BCUT2D eigenvalue weighted by Gasteiger charge is 2.45. The van der Waals surface area contributed by atoms with Gasteiger partial charge < -0.3 is 15.2 Å². The SMILES string of the molecule is O=C(CC1CC2(CCC2)Oc2ccc(CO)cc21)Nc1cccc2ccccc12. The van der Waals surface area contributed by atoms with Crippen molar-refractivity contribution in [2.24, 2.45) is 0 Å². The van der Waals surface area contributed by atoms with E-state index in [1.54, 1.807) is 0 Å². The van der Waals surface area contributed by atoms with E-state index in [0.717, 1.165) is 52.6 Å². The zero-order valence-corrected chi connectivity index (χ0v) is 16.4. The fourth-order valence-corrected chi connectivity index (χ4v) is 4.76. The van der Waals surface area contributed by atoms with Gasteiger partial charge in [0.25, 0.3) is 0 Å². The Labute approximate surface area is 170 Å². The molecule has 4 nitrogen and oxygen atoms in total. The van der Waals surface area contributed by atoms with Gasteiger partial charge in [-0.3, -0.25) is 4.79 Å². The molecule has 0 saturated heterocycles. The van der Waals surface area contributed by atoms with Crippen molar-refractivity contribution in [1.82, 2.24) is 0 Å². The van der Waals surface area contributed by atoms with Crippen molar-refractivity contribution in [3.05, 3.63) is 71.8 Å². The van der Waals surface area contributed by atoms with Gasteiger partial charge in [-0.1, -0.05) is 42.5 Å². The average Bonchev–Trinajstić information content (AvgIpc) is 2.72. The number of aliphatic hydroxyl groups is 1. The molecule has 0 radical (unpaired) electrons. The Hall–Kier alpha value is -2.85. The van der Waals surface area contributed by atoms with Crippen molar-refractivity contribution in [1.29, 1.82) is 0 Å². The minimum absolute atomic E-state index is 0.00660. The zero-order valence-electron chi connectivity index (χ0n) is 16.4. The zero-order chi connectivity index (χ0) is 19.8. The molecule has 1 aliphatic carbocycles. The summed E-state index contributed by atoms with van der Waals surface area (Å²) in [5.41, 5.74) is 2.64. The molecule has 1 fully saturated rings. The molecule has 1 unspecified atom stereocenters. The van der Waals surface area contributed by atoms with Crippen LogP contribution >= 0.6 is 0 Å². The summed E-state index contributed by atoms with van der Waals surface area (Å²) in [6.07, 6.45) is 4.55. The summed E-state index contributed by atoms with van der Waals surface area (Å²) < 4.78 is 6.33. The first-order chi connectivity index (χ1) is 14.2. The number of fused-ring (bicyclic) bond motifs is 2. The average molecular weight is 387 g/mol. The first-order valence-corrected chi connectivity index (χ1v) is 10.4. The summed E-state index contributed by atoms with van der Waals surface area (Å²) in [6, 6.07) is 19.9. The van der Waals surface area contributed by atoms with Crippen LogP contribution < -0.4 is 10.1 Å². The van der Waals surface area contributed by atoms with Gasteiger partial charge in [-0.15, -0.1) is 0 Å². The van der Waals surface area contributed by atoms with E-state index < -0.39 is 0 Å². The van der Waals surface area contributed by atoms with E-state index in [1.165, 1.54) is 6.42 Å². The molecule has 1 amide bonds. The van der Waals surface area contributed by atoms with Crippen molar-refractivity contribution in [2.75, 3.05) is 5.32 Å². The number of carbonyl (C=O) groups is 1. The monoisotopic (exact) mass is 387 g/mol. The third-order valence-corrected chi connectivity index (χ3v) is 6.40. The summed E-state index contributed by atoms with van der Waals surface area (Å²) in [4.78, 5) is 13.0. The summed E-state index contributed by atoms with van der Waals surface area (Å²) in [7, 11) is 0. The van der Waals surface area contributed by atoms with Crippen LogP contribution in [-0.2, 0) is 11.4 Å². The Morgan fingerprint density at radius 1 is 1.10 bits per heavy atom. The van der Waals surface area contributed by atoms with Crippen molar-refractivity contribution >= 4 is 22.4 Å².